The van der Waals surface area contributed by atoms with Gasteiger partial charge in [0.05, 0.1) is 12.8 Å². The van der Waals surface area contributed by atoms with Crippen LogP contribution in [0, 0.1) is 0 Å². The van der Waals surface area contributed by atoms with Crippen LogP contribution >= 0.6 is 23.2 Å². The normalized spacial score (nSPS) is 11.4. The minimum atomic E-state index is 0.486. The van der Waals surface area contributed by atoms with Gasteiger partial charge in [0, 0.05) is 45.3 Å². The van der Waals surface area contributed by atoms with Crippen LogP contribution in [0.2, 0.25) is 10.0 Å². The van der Waals surface area contributed by atoms with E-state index in [1.807, 2.05) is 43.6 Å². The van der Waals surface area contributed by atoms with Gasteiger partial charge in [-0.1, -0.05) is 47.5 Å². The van der Waals surface area contributed by atoms with Crippen molar-refractivity contribution >= 4 is 40.3 Å². The smallest absolute Gasteiger partial charge is 0.0609 e. The van der Waals surface area contributed by atoms with Crippen LogP contribution in [0.15, 0.2) is 53.8 Å². The molecule has 1 aromatic heterocycles. The quantitative estimate of drug-likeness (QED) is 0.549. The molecule has 1 N–H and O–H groups in total. The van der Waals surface area contributed by atoms with Gasteiger partial charge in [0.2, 0.25) is 0 Å². The third-order valence-corrected chi connectivity index (χ3v) is 4.25. The van der Waals surface area contributed by atoms with E-state index in [0.29, 0.717) is 16.6 Å². The van der Waals surface area contributed by atoms with Gasteiger partial charge in [-0.15, -0.1) is 0 Å². The van der Waals surface area contributed by atoms with Gasteiger partial charge in [-0.2, -0.15) is 5.10 Å². The number of aromatic nitrogens is 1. The van der Waals surface area contributed by atoms with E-state index < -0.39 is 0 Å². The molecule has 0 aliphatic carbocycles. The number of aryl methyl sites for hydroxylation is 1. The van der Waals surface area contributed by atoms with Gasteiger partial charge in [0.25, 0.3) is 0 Å². The van der Waals surface area contributed by atoms with Gasteiger partial charge >= 0.3 is 0 Å². The molecule has 112 valence electrons. The predicted molar refractivity (Wildman–Crippen MR) is 93.8 cm³/mol. The fourth-order valence-electron chi connectivity index (χ4n) is 2.42. The van der Waals surface area contributed by atoms with E-state index in [2.05, 4.69) is 33.4 Å². The Kier molecular flexibility index (Phi) is 4.36. The Balaban J connectivity index is 1.75. The molecule has 0 spiro atoms. The van der Waals surface area contributed by atoms with Crippen LogP contribution in [0.3, 0.4) is 0 Å². The van der Waals surface area contributed by atoms with E-state index in [-0.39, 0.29) is 0 Å². The molecule has 5 heteroatoms. The highest BCUT2D eigenvalue weighted by molar-refractivity contribution is 6.35. The van der Waals surface area contributed by atoms with Crippen LogP contribution in [0.25, 0.3) is 10.9 Å². The SMILES string of the molecule is Cn1cc(/C=N\NCc2c(Cl)cccc2Cl)c2ccccc21. The number of benzene rings is 2. The third-order valence-electron chi connectivity index (χ3n) is 3.54. The molecule has 0 aliphatic rings. The zero-order valence-electron chi connectivity index (χ0n) is 12.1. The van der Waals surface area contributed by atoms with E-state index in [4.69, 9.17) is 23.2 Å². The second kappa shape index (κ2) is 6.42. The number of halogens is 2. The average molecular weight is 332 g/mol. The first-order chi connectivity index (χ1) is 10.7. The molecule has 3 nitrogen and oxygen atoms in total. The number of nitrogens with zero attached hydrogens (tertiary/aromatic N) is 2. The summed E-state index contributed by atoms with van der Waals surface area (Å²) in [5.41, 5.74) is 6.09. The monoisotopic (exact) mass is 331 g/mol. The van der Waals surface area contributed by atoms with Gasteiger partial charge in [-0.25, -0.2) is 0 Å². The van der Waals surface area contributed by atoms with E-state index in [1.165, 1.54) is 10.9 Å². The van der Waals surface area contributed by atoms with Gasteiger partial charge in [0.1, 0.15) is 0 Å². The summed E-state index contributed by atoms with van der Waals surface area (Å²) in [5.74, 6) is 0. The molecule has 0 atom stereocenters. The molecule has 3 aromatic rings. The first-order valence-electron chi connectivity index (χ1n) is 6.89. The van der Waals surface area contributed by atoms with E-state index >= 15 is 0 Å². The molecule has 0 aliphatic heterocycles. The van der Waals surface area contributed by atoms with Crippen molar-refractivity contribution in [3.8, 4) is 0 Å². The van der Waals surface area contributed by atoms with Crippen molar-refractivity contribution in [2.75, 3.05) is 0 Å². The maximum Gasteiger partial charge on any atom is 0.0609 e. The highest BCUT2D eigenvalue weighted by Crippen LogP contribution is 2.24. The van der Waals surface area contributed by atoms with Crippen LogP contribution in [0.5, 0.6) is 0 Å². The maximum atomic E-state index is 6.13. The number of rotatable bonds is 4. The Morgan fingerprint density at radius 1 is 1.09 bits per heavy atom. The van der Waals surface area contributed by atoms with Crippen molar-refractivity contribution < 1.29 is 0 Å². The van der Waals surface area contributed by atoms with Gasteiger partial charge in [0.15, 0.2) is 0 Å². The minimum Gasteiger partial charge on any atom is -0.350 e. The summed E-state index contributed by atoms with van der Waals surface area (Å²) >= 11 is 12.3. The number of para-hydroxylation sites is 1. The zero-order valence-corrected chi connectivity index (χ0v) is 13.6. The number of hydrazone groups is 1. The highest BCUT2D eigenvalue weighted by atomic mass is 35.5. The van der Waals surface area contributed by atoms with E-state index in [0.717, 1.165) is 11.1 Å². The minimum absolute atomic E-state index is 0.486. The first-order valence-corrected chi connectivity index (χ1v) is 7.65. The molecule has 0 saturated carbocycles. The van der Waals surface area contributed by atoms with Crippen molar-refractivity contribution in [1.29, 1.82) is 0 Å². The third kappa shape index (κ3) is 2.96. The molecular formula is C17H15Cl2N3. The second-order valence-electron chi connectivity index (χ2n) is 5.01. The van der Waals surface area contributed by atoms with Crippen LogP contribution in [0.4, 0.5) is 0 Å². The summed E-state index contributed by atoms with van der Waals surface area (Å²) in [6, 6.07) is 13.7. The maximum absolute atomic E-state index is 6.13. The molecule has 0 amide bonds. The summed E-state index contributed by atoms with van der Waals surface area (Å²) in [4.78, 5) is 0. The van der Waals surface area contributed by atoms with Crippen molar-refractivity contribution in [2.24, 2.45) is 12.1 Å². The molecule has 0 bridgehead atoms. The lowest BCUT2D eigenvalue weighted by Gasteiger charge is -2.05. The van der Waals surface area contributed by atoms with Crippen molar-refractivity contribution in [3.05, 3.63) is 69.8 Å². The summed E-state index contributed by atoms with van der Waals surface area (Å²) in [7, 11) is 2.02. The number of hydrogen-bond donors (Lipinski definition) is 1. The second-order valence-corrected chi connectivity index (χ2v) is 5.82. The van der Waals surface area contributed by atoms with Crippen molar-refractivity contribution in [1.82, 2.24) is 9.99 Å². The number of nitrogens with one attached hydrogen (secondary N) is 1. The Labute approximate surface area is 139 Å². The molecular weight excluding hydrogens is 317 g/mol. The molecule has 0 unspecified atom stereocenters. The molecule has 2 aromatic carbocycles. The van der Waals surface area contributed by atoms with Gasteiger partial charge < -0.3 is 9.99 Å². The largest absolute Gasteiger partial charge is 0.350 e. The van der Waals surface area contributed by atoms with E-state index in [9.17, 15) is 0 Å². The molecule has 0 radical (unpaired) electrons. The fourth-order valence-corrected chi connectivity index (χ4v) is 2.95. The lowest BCUT2D eigenvalue weighted by molar-refractivity contribution is 0.748. The molecule has 22 heavy (non-hydrogen) atoms. The molecule has 0 saturated heterocycles. The van der Waals surface area contributed by atoms with Gasteiger partial charge in [-0.05, 0) is 18.2 Å². The van der Waals surface area contributed by atoms with Crippen LogP contribution in [-0.2, 0) is 13.6 Å². The van der Waals surface area contributed by atoms with Crippen LogP contribution in [-0.4, -0.2) is 10.8 Å². The zero-order chi connectivity index (χ0) is 15.5. The fraction of sp³-hybridized carbons (Fsp3) is 0.118. The Morgan fingerprint density at radius 3 is 2.59 bits per heavy atom. The van der Waals surface area contributed by atoms with Crippen molar-refractivity contribution in [2.45, 2.75) is 6.54 Å². The lowest BCUT2D eigenvalue weighted by Crippen LogP contribution is -2.06. The first kappa shape index (κ1) is 14.9. The number of hydrogen-bond acceptors (Lipinski definition) is 2. The van der Waals surface area contributed by atoms with Gasteiger partial charge in [-0.3, -0.25) is 0 Å². The lowest BCUT2D eigenvalue weighted by atomic mass is 10.2. The van der Waals surface area contributed by atoms with E-state index in [1.54, 1.807) is 0 Å². The Hall–Kier alpha value is -1.97. The number of fused-ring (bicyclic) bond motifs is 1. The Morgan fingerprint density at radius 2 is 1.82 bits per heavy atom. The summed E-state index contributed by atoms with van der Waals surface area (Å²) in [6.45, 7) is 0.486. The molecule has 1 heterocycles. The Bertz CT molecular complexity index is 817. The topological polar surface area (TPSA) is 29.3 Å². The molecule has 0 fully saturated rings. The summed E-state index contributed by atoms with van der Waals surface area (Å²) < 4.78 is 2.08. The van der Waals surface area contributed by atoms with Crippen LogP contribution in [0.1, 0.15) is 11.1 Å². The predicted octanol–water partition coefficient (Wildman–Crippen LogP) is 4.61. The standard InChI is InChI=1S/C17H15Cl2N3/c1-22-11-12(13-5-2-3-8-17(13)22)9-20-21-10-14-15(18)6-4-7-16(14)19/h2-9,11,21H,10H2,1H3/b20-9-. The van der Waals surface area contributed by atoms with Crippen molar-refractivity contribution in [3.63, 3.8) is 0 Å². The summed E-state index contributed by atoms with van der Waals surface area (Å²) in [6.07, 6.45) is 3.87. The van der Waals surface area contributed by atoms with Crippen LogP contribution < -0.4 is 5.43 Å². The average Bonchev–Trinajstić information content (AvgIpc) is 2.83. The highest BCUT2D eigenvalue weighted by Gasteiger charge is 2.05. The summed E-state index contributed by atoms with van der Waals surface area (Å²) in [5, 5.41) is 6.73. The molecule has 3 rings (SSSR count).